The first-order valence-corrected chi connectivity index (χ1v) is 8.80. The van der Waals surface area contributed by atoms with E-state index in [2.05, 4.69) is 12.1 Å². The average molecular weight is 343 g/mol. The third-order valence-electron chi connectivity index (χ3n) is 4.56. The van der Waals surface area contributed by atoms with Crippen molar-refractivity contribution in [3.8, 4) is 11.1 Å². The topological polar surface area (TPSA) is 39.2 Å². The maximum atomic E-state index is 11.9. The Morgan fingerprint density at radius 3 is 2.68 bits per heavy atom. The van der Waals surface area contributed by atoms with E-state index in [-0.39, 0.29) is 5.97 Å². The summed E-state index contributed by atoms with van der Waals surface area (Å²) in [6, 6.07) is 20.1. The number of fused-ring (bicyclic) bond motifs is 4. The monoisotopic (exact) mass is 343 g/mol. The molecule has 0 saturated heterocycles. The molecule has 0 amide bonds. The summed E-state index contributed by atoms with van der Waals surface area (Å²) in [4.78, 5) is 19.1. The number of ether oxygens (including phenoxy) is 1. The number of carbonyl (C=O) groups is 1. The van der Waals surface area contributed by atoms with E-state index >= 15 is 0 Å². The summed E-state index contributed by atoms with van der Waals surface area (Å²) in [5.74, 6) is -0.317. The number of benzene rings is 3. The van der Waals surface area contributed by atoms with Crippen molar-refractivity contribution in [1.82, 2.24) is 4.98 Å². The van der Waals surface area contributed by atoms with Crippen molar-refractivity contribution in [3.63, 3.8) is 0 Å². The molecule has 0 saturated carbocycles. The first-order chi connectivity index (χ1) is 12.3. The molecule has 0 spiro atoms. The van der Waals surface area contributed by atoms with Crippen LogP contribution in [0.5, 0.6) is 0 Å². The van der Waals surface area contributed by atoms with Crippen molar-refractivity contribution in [1.29, 1.82) is 0 Å². The largest absolute Gasteiger partial charge is 0.465 e. The van der Waals surface area contributed by atoms with Gasteiger partial charge in [-0.05, 0) is 41.5 Å². The van der Waals surface area contributed by atoms with Crippen LogP contribution in [0.25, 0.3) is 32.9 Å². The Balaban J connectivity index is 1.88. The van der Waals surface area contributed by atoms with Crippen molar-refractivity contribution in [2.24, 2.45) is 0 Å². The molecule has 5 rings (SSSR count). The molecule has 0 unspecified atom stereocenters. The van der Waals surface area contributed by atoms with Gasteiger partial charge in [0.2, 0.25) is 0 Å². The highest BCUT2D eigenvalue weighted by Gasteiger charge is 2.23. The number of carbonyl (C=O) groups excluding carboxylic acids is 1. The Morgan fingerprint density at radius 1 is 0.960 bits per heavy atom. The van der Waals surface area contributed by atoms with Gasteiger partial charge < -0.3 is 4.74 Å². The van der Waals surface area contributed by atoms with Gasteiger partial charge in [-0.1, -0.05) is 42.1 Å². The number of hydrogen-bond donors (Lipinski definition) is 0. The number of rotatable bonds is 1. The molecule has 4 aromatic rings. The predicted molar refractivity (Wildman–Crippen MR) is 100 cm³/mol. The number of aromatic nitrogens is 1. The number of hydrogen-bond acceptors (Lipinski definition) is 4. The Labute approximate surface area is 148 Å². The molecule has 0 fully saturated rings. The fourth-order valence-corrected chi connectivity index (χ4v) is 4.65. The standard InChI is InChI=1S/C21H13NO2S/c1-24-21(23)12-9-10-18-15(11-12)13-6-4-8-17-19(13)20(25-18)14-5-2-3-7-16(14)22-17/h2-11H,1H3. The lowest BCUT2D eigenvalue weighted by Crippen LogP contribution is -2.03. The average Bonchev–Trinajstić information content (AvgIpc) is 2.67. The molecule has 3 aromatic carbocycles. The molecule has 4 heteroatoms. The van der Waals surface area contributed by atoms with Crippen molar-refractivity contribution >= 4 is 39.5 Å². The van der Waals surface area contributed by atoms with Gasteiger partial charge >= 0.3 is 5.97 Å². The van der Waals surface area contributed by atoms with Gasteiger partial charge in [-0.3, -0.25) is 0 Å². The fraction of sp³-hybridized carbons (Fsp3) is 0.0476. The van der Waals surface area contributed by atoms with Crippen LogP contribution in [0.2, 0.25) is 0 Å². The first-order valence-electron chi connectivity index (χ1n) is 7.98. The SMILES string of the molecule is COC(=O)c1ccc2c(c1)-c1cccc3nc4ccccc4c(c13)S2. The second kappa shape index (κ2) is 5.33. The lowest BCUT2D eigenvalue weighted by molar-refractivity contribution is 0.0600. The van der Waals surface area contributed by atoms with Crippen LogP contribution < -0.4 is 0 Å². The highest BCUT2D eigenvalue weighted by Crippen LogP contribution is 2.50. The molecule has 1 aliphatic rings. The van der Waals surface area contributed by atoms with Gasteiger partial charge in [0.05, 0.1) is 23.7 Å². The van der Waals surface area contributed by atoms with Crippen molar-refractivity contribution in [3.05, 3.63) is 66.2 Å². The van der Waals surface area contributed by atoms with Crippen molar-refractivity contribution in [2.45, 2.75) is 9.79 Å². The molecular weight excluding hydrogens is 330 g/mol. The van der Waals surface area contributed by atoms with Crippen LogP contribution in [-0.4, -0.2) is 18.1 Å². The van der Waals surface area contributed by atoms with Crippen LogP contribution in [0.1, 0.15) is 10.4 Å². The quantitative estimate of drug-likeness (QED) is 0.305. The van der Waals surface area contributed by atoms with Gasteiger partial charge in [0.15, 0.2) is 0 Å². The molecule has 0 N–H and O–H groups in total. The molecular formula is C21H13NO2S. The molecule has 1 aromatic heterocycles. The van der Waals surface area contributed by atoms with Crippen LogP contribution in [0.15, 0.2) is 70.5 Å². The number of nitrogens with zero attached hydrogens (tertiary/aromatic N) is 1. The molecule has 0 aliphatic carbocycles. The normalized spacial score (nSPS) is 12.2. The molecule has 3 nitrogen and oxygen atoms in total. The van der Waals surface area contributed by atoms with Crippen molar-refractivity contribution in [2.75, 3.05) is 7.11 Å². The maximum absolute atomic E-state index is 11.9. The summed E-state index contributed by atoms with van der Waals surface area (Å²) < 4.78 is 4.87. The van der Waals surface area contributed by atoms with Crippen molar-refractivity contribution < 1.29 is 9.53 Å². The summed E-state index contributed by atoms with van der Waals surface area (Å²) in [6.45, 7) is 0. The Bertz CT molecular complexity index is 1180. The van der Waals surface area contributed by atoms with E-state index in [0.29, 0.717) is 5.56 Å². The summed E-state index contributed by atoms with van der Waals surface area (Å²) in [5.41, 5.74) is 4.72. The highest BCUT2D eigenvalue weighted by molar-refractivity contribution is 8.00. The van der Waals surface area contributed by atoms with Crippen LogP contribution >= 0.6 is 11.8 Å². The molecule has 1 aliphatic heterocycles. The fourth-order valence-electron chi connectivity index (χ4n) is 3.41. The second-order valence-electron chi connectivity index (χ2n) is 5.96. The van der Waals surface area contributed by atoms with Gasteiger partial charge in [-0.15, -0.1) is 0 Å². The van der Waals surface area contributed by atoms with E-state index in [1.807, 2.05) is 48.5 Å². The van der Waals surface area contributed by atoms with E-state index < -0.39 is 0 Å². The number of para-hydroxylation sites is 1. The van der Waals surface area contributed by atoms with Gasteiger partial charge in [0.25, 0.3) is 0 Å². The Kier molecular flexibility index (Phi) is 3.09. The summed E-state index contributed by atoms with van der Waals surface area (Å²) in [5, 5.41) is 2.32. The summed E-state index contributed by atoms with van der Waals surface area (Å²) >= 11 is 1.74. The minimum absolute atomic E-state index is 0.317. The molecule has 0 bridgehead atoms. The van der Waals surface area contributed by atoms with Gasteiger partial charge in [0, 0.05) is 20.6 Å². The molecule has 0 radical (unpaired) electrons. The van der Waals surface area contributed by atoms with Crippen LogP contribution in [0.4, 0.5) is 0 Å². The highest BCUT2D eigenvalue weighted by atomic mass is 32.2. The van der Waals surface area contributed by atoms with Gasteiger partial charge in [-0.25, -0.2) is 9.78 Å². The van der Waals surface area contributed by atoms with E-state index in [1.165, 1.54) is 12.0 Å². The van der Waals surface area contributed by atoms with Crippen LogP contribution in [-0.2, 0) is 4.74 Å². The zero-order valence-electron chi connectivity index (χ0n) is 13.4. The zero-order chi connectivity index (χ0) is 17.0. The van der Waals surface area contributed by atoms with E-state index in [1.54, 1.807) is 11.8 Å². The minimum Gasteiger partial charge on any atom is -0.465 e. The molecule has 25 heavy (non-hydrogen) atoms. The summed E-state index contributed by atoms with van der Waals surface area (Å²) in [7, 11) is 1.41. The Hall–Kier alpha value is -2.85. The number of pyridine rings is 1. The summed E-state index contributed by atoms with van der Waals surface area (Å²) in [6.07, 6.45) is 0. The van der Waals surface area contributed by atoms with E-state index in [0.717, 1.165) is 37.8 Å². The number of methoxy groups -OCH3 is 1. The molecule has 0 atom stereocenters. The third kappa shape index (κ3) is 2.07. The van der Waals surface area contributed by atoms with Crippen LogP contribution in [0.3, 0.4) is 0 Å². The molecule has 2 heterocycles. The van der Waals surface area contributed by atoms with Crippen LogP contribution in [0, 0.1) is 0 Å². The zero-order valence-corrected chi connectivity index (χ0v) is 14.3. The van der Waals surface area contributed by atoms with Gasteiger partial charge in [-0.2, -0.15) is 0 Å². The van der Waals surface area contributed by atoms with E-state index in [4.69, 9.17) is 9.72 Å². The maximum Gasteiger partial charge on any atom is 0.337 e. The lowest BCUT2D eigenvalue weighted by Gasteiger charge is -2.21. The van der Waals surface area contributed by atoms with E-state index in [9.17, 15) is 4.79 Å². The first kappa shape index (κ1) is 14.5. The molecule has 120 valence electrons. The van der Waals surface area contributed by atoms with Gasteiger partial charge in [0.1, 0.15) is 0 Å². The minimum atomic E-state index is -0.317. The smallest absolute Gasteiger partial charge is 0.337 e. The predicted octanol–water partition coefficient (Wildman–Crippen LogP) is 5.31. The number of esters is 1. The second-order valence-corrected chi connectivity index (χ2v) is 7.01. The Morgan fingerprint density at radius 2 is 1.80 bits per heavy atom. The lowest BCUT2D eigenvalue weighted by atomic mass is 9.97. The third-order valence-corrected chi connectivity index (χ3v) is 5.77.